The van der Waals surface area contributed by atoms with E-state index in [1.165, 1.54) is 10.5 Å². The summed E-state index contributed by atoms with van der Waals surface area (Å²) in [5, 5.41) is -0.316. The first kappa shape index (κ1) is 26.2. The second kappa shape index (κ2) is 12.4. The molecule has 8 heteroatoms. The van der Waals surface area contributed by atoms with E-state index in [9.17, 15) is 9.59 Å². The van der Waals surface area contributed by atoms with E-state index in [-0.39, 0.29) is 24.3 Å². The average molecular weight is 520 g/mol. The molecule has 192 valence electrons. The lowest BCUT2D eigenvalue weighted by Gasteiger charge is -2.13. The van der Waals surface area contributed by atoms with Crippen LogP contribution in [0.15, 0.2) is 71.6 Å². The van der Waals surface area contributed by atoms with Gasteiger partial charge in [-0.15, -0.1) is 0 Å². The summed E-state index contributed by atoms with van der Waals surface area (Å²) in [6, 6.07) is 20.8. The number of imide groups is 1. The quantitative estimate of drug-likeness (QED) is 0.231. The number of amides is 2. The number of hydrogen-bond acceptors (Lipinski definition) is 7. The molecule has 0 aromatic heterocycles. The smallest absolute Gasteiger partial charge is 0.293 e. The van der Waals surface area contributed by atoms with Crippen molar-refractivity contribution < 1.29 is 28.5 Å². The number of methoxy groups -OCH3 is 1. The predicted molar refractivity (Wildman–Crippen MR) is 145 cm³/mol. The van der Waals surface area contributed by atoms with Crippen LogP contribution in [0.4, 0.5) is 4.79 Å². The molecule has 1 aliphatic rings. The molecule has 0 radical (unpaired) electrons. The van der Waals surface area contributed by atoms with E-state index >= 15 is 0 Å². The van der Waals surface area contributed by atoms with Crippen molar-refractivity contribution in [1.29, 1.82) is 0 Å². The molecule has 2 amide bonds. The van der Waals surface area contributed by atoms with Gasteiger partial charge >= 0.3 is 0 Å². The van der Waals surface area contributed by atoms with Crippen LogP contribution in [0, 0.1) is 13.8 Å². The highest BCUT2D eigenvalue weighted by Gasteiger charge is 2.34. The largest absolute Gasteiger partial charge is 0.493 e. The van der Waals surface area contributed by atoms with E-state index in [1.807, 2.05) is 68.4 Å². The second-order valence-electron chi connectivity index (χ2n) is 8.42. The van der Waals surface area contributed by atoms with Gasteiger partial charge < -0.3 is 18.9 Å². The predicted octanol–water partition coefficient (Wildman–Crippen LogP) is 5.89. The fraction of sp³-hybridized carbons (Fsp3) is 0.241. The van der Waals surface area contributed by atoms with E-state index in [1.54, 1.807) is 25.3 Å². The Kier molecular flexibility index (Phi) is 8.74. The van der Waals surface area contributed by atoms with Crippen molar-refractivity contribution in [2.24, 2.45) is 0 Å². The van der Waals surface area contributed by atoms with Gasteiger partial charge in [0.2, 0.25) is 0 Å². The lowest BCUT2D eigenvalue weighted by molar-refractivity contribution is -0.123. The number of thioether (sulfide) groups is 1. The van der Waals surface area contributed by atoms with Gasteiger partial charge in [0, 0.05) is 0 Å². The van der Waals surface area contributed by atoms with Crippen molar-refractivity contribution in [3.05, 3.63) is 88.3 Å². The van der Waals surface area contributed by atoms with Gasteiger partial charge in [0.1, 0.15) is 31.3 Å². The average Bonchev–Trinajstić information content (AvgIpc) is 3.16. The molecule has 0 spiro atoms. The second-order valence-corrected chi connectivity index (χ2v) is 9.41. The fourth-order valence-electron chi connectivity index (χ4n) is 3.57. The summed E-state index contributed by atoms with van der Waals surface area (Å²) in [4.78, 5) is 26.8. The van der Waals surface area contributed by atoms with E-state index in [2.05, 4.69) is 0 Å². The maximum atomic E-state index is 12.8. The van der Waals surface area contributed by atoms with E-state index in [0.717, 1.165) is 28.6 Å². The molecule has 1 heterocycles. The molecule has 0 atom stereocenters. The standard InChI is InChI=1S/C29H29NO6S/c1-20-4-9-23(10-5-20)34-15-14-30-28(31)27(37-29(30)32)19-22-8-13-25(26(18-22)33-3)36-17-16-35-24-11-6-21(2)7-12-24/h4-13,18-19H,14-17H2,1-3H3/b27-19-. The normalized spacial score (nSPS) is 14.2. The van der Waals surface area contributed by atoms with Gasteiger partial charge in [0.15, 0.2) is 11.5 Å². The van der Waals surface area contributed by atoms with Crippen molar-refractivity contribution in [3.63, 3.8) is 0 Å². The summed E-state index contributed by atoms with van der Waals surface area (Å²) < 4.78 is 22.7. The third-order valence-electron chi connectivity index (χ3n) is 5.59. The Morgan fingerprint density at radius 2 is 1.35 bits per heavy atom. The number of carbonyl (C=O) groups is 2. The molecule has 0 saturated carbocycles. The Labute approximate surface area is 221 Å². The lowest BCUT2D eigenvalue weighted by Crippen LogP contribution is -2.32. The van der Waals surface area contributed by atoms with Crippen LogP contribution >= 0.6 is 11.8 Å². The molecule has 37 heavy (non-hydrogen) atoms. The third kappa shape index (κ3) is 7.07. The summed E-state index contributed by atoms with van der Waals surface area (Å²) in [5.41, 5.74) is 3.03. The molecule has 3 aromatic carbocycles. The Morgan fingerprint density at radius 3 is 1.97 bits per heavy atom. The molecule has 1 aliphatic heterocycles. The maximum Gasteiger partial charge on any atom is 0.293 e. The van der Waals surface area contributed by atoms with Gasteiger partial charge in [-0.2, -0.15) is 0 Å². The van der Waals surface area contributed by atoms with Gasteiger partial charge in [0.25, 0.3) is 11.1 Å². The molecular weight excluding hydrogens is 490 g/mol. The first-order chi connectivity index (χ1) is 17.9. The maximum absolute atomic E-state index is 12.8. The van der Waals surface area contributed by atoms with Crippen molar-refractivity contribution >= 4 is 29.0 Å². The van der Waals surface area contributed by atoms with Gasteiger partial charge in [-0.05, 0) is 73.6 Å². The molecule has 1 saturated heterocycles. The van der Waals surface area contributed by atoms with Crippen molar-refractivity contribution in [3.8, 4) is 23.0 Å². The van der Waals surface area contributed by atoms with Gasteiger partial charge in [-0.25, -0.2) is 0 Å². The number of hydrogen-bond donors (Lipinski definition) is 0. The van der Waals surface area contributed by atoms with Crippen LogP contribution in [0.5, 0.6) is 23.0 Å². The van der Waals surface area contributed by atoms with Crippen LogP contribution in [0.2, 0.25) is 0 Å². The van der Waals surface area contributed by atoms with Crippen LogP contribution in [0.1, 0.15) is 16.7 Å². The summed E-state index contributed by atoms with van der Waals surface area (Å²) in [6.45, 7) is 5.15. The molecular formula is C29H29NO6S. The van der Waals surface area contributed by atoms with E-state index < -0.39 is 0 Å². The molecule has 0 N–H and O–H groups in total. The highest BCUT2D eigenvalue weighted by Crippen LogP contribution is 2.34. The summed E-state index contributed by atoms with van der Waals surface area (Å²) >= 11 is 0.912. The molecule has 0 bridgehead atoms. The van der Waals surface area contributed by atoms with Crippen molar-refractivity contribution in [1.82, 2.24) is 4.90 Å². The molecule has 0 aliphatic carbocycles. The Hall–Kier alpha value is -3.91. The van der Waals surface area contributed by atoms with Crippen molar-refractivity contribution in [2.75, 3.05) is 33.5 Å². The van der Waals surface area contributed by atoms with Gasteiger partial charge in [0.05, 0.1) is 18.6 Å². The molecule has 3 aromatic rings. The summed E-state index contributed by atoms with van der Waals surface area (Å²) in [7, 11) is 1.55. The molecule has 0 unspecified atom stereocenters. The number of ether oxygens (including phenoxy) is 4. The van der Waals surface area contributed by atoms with Crippen LogP contribution in [0.3, 0.4) is 0 Å². The van der Waals surface area contributed by atoms with Gasteiger partial charge in [-0.1, -0.05) is 41.5 Å². The first-order valence-corrected chi connectivity index (χ1v) is 12.7. The number of nitrogens with zero attached hydrogens (tertiary/aromatic N) is 1. The van der Waals surface area contributed by atoms with E-state index in [4.69, 9.17) is 18.9 Å². The number of rotatable bonds is 11. The van der Waals surface area contributed by atoms with Crippen LogP contribution in [-0.4, -0.2) is 49.5 Å². The SMILES string of the molecule is COc1cc(/C=C2\SC(=O)N(CCOc3ccc(C)cc3)C2=O)ccc1OCCOc1ccc(C)cc1. The number of aryl methyl sites for hydroxylation is 2. The van der Waals surface area contributed by atoms with Gasteiger partial charge in [-0.3, -0.25) is 14.5 Å². The first-order valence-electron chi connectivity index (χ1n) is 11.9. The minimum absolute atomic E-state index is 0.177. The van der Waals surface area contributed by atoms with Crippen LogP contribution in [0.25, 0.3) is 6.08 Å². The van der Waals surface area contributed by atoms with E-state index in [0.29, 0.717) is 35.4 Å². The monoisotopic (exact) mass is 519 g/mol. The zero-order valence-corrected chi connectivity index (χ0v) is 21.9. The zero-order chi connectivity index (χ0) is 26.2. The summed E-state index contributed by atoms with van der Waals surface area (Å²) in [5.74, 6) is 2.23. The molecule has 4 rings (SSSR count). The minimum atomic E-state index is -0.338. The lowest BCUT2D eigenvalue weighted by atomic mass is 10.2. The van der Waals surface area contributed by atoms with Crippen molar-refractivity contribution in [2.45, 2.75) is 13.8 Å². The topological polar surface area (TPSA) is 74.3 Å². The molecule has 1 fully saturated rings. The Morgan fingerprint density at radius 1 is 0.757 bits per heavy atom. The zero-order valence-electron chi connectivity index (χ0n) is 21.1. The third-order valence-corrected chi connectivity index (χ3v) is 6.50. The highest BCUT2D eigenvalue weighted by molar-refractivity contribution is 8.18. The number of carbonyl (C=O) groups excluding carboxylic acids is 2. The Bertz CT molecular complexity index is 1270. The molecule has 7 nitrogen and oxygen atoms in total. The minimum Gasteiger partial charge on any atom is -0.493 e. The summed E-state index contributed by atoms with van der Waals surface area (Å²) in [6.07, 6.45) is 1.68. The van der Waals surface area contributed by atoms with Crippen LogP contribution in [-0.2, 0) is 4.79 Å². The fourth-order valence-corrected chi connectivity index (χ4v) is 4.44. The Balaban J connectivity index is 1.31. The number of benzene rings is 3. The highest BCUT2D eigenvalue weighted by atomic mass is 32.2. The van der Waals surface area contributed by atoms with Crippen LogP contribution < -0.4 is 18.9 Å².